The van der Waals surface area contributed by atoms with Crippen LogP contribution in [0, 0.1) is 0 Å². The molecular weight excluding hydrogens is 452 g/mol. The first kappa shape index (κ1) is 23.2. The van der Waals surface area contributed by atoms with Crippen molar-refractivity contribution in [1.29, 1.82) is 0 Å². The van der Waals surface area contributed by atoms with E-state index in [-0.39, 0.29) is 0 Å². The molecule has 0 atom stereocenters. The van der Waals surface area contributed by atoms with Gasteiger partial charge < -0.3 is 20.1 Å². The Morgan fingerprint density at radius 1 is 1.00 bits per heavy atom. The van der Waals surface area contributed by atoms with Gasteiger partial charge in [-0.3, -0.25) is 9.47 Å². The van der Waals surface area contributed by atoms with E-state index in [1.165, 1.54) is 5.69 Å². The summed E-state index contributed by atoms with van der Waals surface area (Å²) in [4.78, 5) is 14.6. The summed E-state index contributed by atoms with van der Waals surface area (Å²) in [5.41, 5.74) is 10.3. The first-order valence-corrected chi connectivity index (χ1v) is 13.1. The number of nitrogens with two attached hydrogens (primary N) is 1. The van der Waals surface area contributed by atoms with Crippen molar-refractivity contribution in [1.82, 2.24) is 19.4 Å². The van der Waals surface area contributed by atoms with Crippen LogP contribution in [0.4, 0.5) is 5.69 Å². The fourth-order valence-electron chi connectivity index (χ4n) is 5.22. The number of anilines is 1. The van der Waals surface area contributed by atoms with Gasteiger partial charge in [-0.25, -0.2) is 9.97 Å². The van der Waals surface area contributed by atoms with E-state index in [2.05, 4.69) is 55.7 Å². The third kappa shape index (κ3) is 4.89. The molecule has 0 amide bonds. The van der Waals surface area contributed by atoms with Crippen LogP contribution in [-0.4, -0.2) is 78.0 Å². The predicted octanol–water partition coefficient (Wildman–Crippen LogP) is 3.60. The molecule has 36 heavy (non-hydrogen) atoms. The smallest absolute Gasteiger partial charge is 0.139 e. The summed E-state index contributed by atoms with van der Waals surface area (Å²) in [5, 5.41) is 1.14. The normalized spacial score (nSPS) is 17.8. The number of imidazole rings is 1. The van der Waals surface area contributed by atoms with E-state index < -0.39 is 0 Å². The summed E-state index contributed by atoms with van der Waals surface area (Å²) in [6.07, 6.45) is 4.88. The summed E-state index contributed by atoms with van der Waals surface area (Å²) < 4.78 is 13.5. The molecule has 8 heteroatoms. The van der Waals surface area contributed by atoms with Crippen LogP contribution in [0.3, 0.4) is 0 Å². The lowest BCUT2D eigenvalue weighted by molar-refractivity contribution is 0.0358. The SMILES string of the molecule is NC1CCN(c2cccc3ccc(-n4cnc5cc(OCCCN6CCOCC6)ccc54)nc23)CC1. The van der Waals surface area contributed by atoms with Gasteiger partial charge in [0.1, 0.15) is 17.9 Å². The van der Waals surface area contributed by atoms with Gasteiger partial charge in [0.2, 0.25) is 0 Å². The Bertz CT molecular complexity index is 1320. The standard InChI is InChI=1S/C28H34N6O2/c29-22-9-12-33(13-10-22)26-4-1-3-21-5-8-27(31-28(21)26)34-20-30-24-19-23(6-7-25(24)34)36-16-2-11-32-14-17-35-18-15-32/h1,3-8,19-20,22H,2,9-18,29H2. The van der Waals surface area contributed by atoms with Crippen molar-refractivity contribution in [2.45, 2.75) is 25.3 Å². The number of hydrogen-bond donors (Lipinski definition) is 1. The van der Waals surface area contributed by atoms with Crippen molar-refractivity contribution < 1.29 is 9.47 Å². The number of morpholine rings is 1. The number of benzene rings is 2. The lowest BCUT2D eigenvalue weighted by atomic mass is 10.0. The van der Waals surface area contributed by atoms with Crippen LogP contribution in [0.15, 0.2) is 54.9 Å². The number of nitrogens with zero attached hydrogens (tertiary/aromatic N) is 5. The van der Waals surface area contributed by atoms with Gasteiger partial charge in [0, 0.05) is 50.2 Å². The highest BCUT2D eigenvalue weighted by atomic mass is 16.5. The molecule has 8 nitrogen and oxygen atoms in total. The molecule has 0 aliphatic carbocycles. The highest BCUT2D eigenvalue weighted by Crippen LogP contribution is 2.29. The van der Waals surface area contributed by atoms with Gasteiger partial charge in [-0.1, -0.05) is 12.1 Å². The molecule has 2 saturated heterocycles. The lowest BCUT2D eigenvalue weighted by Crippen LogP contribution is -2.39. The average Bonchev–Trinajstić information content (AvgIpc) is 3.35. The number of hydrogen-bond acceptors (Lipinski definition) is 7. The molecule has 188 valence electrons. The van der Waals surface area contributed by atoms with Crippen LogP contribution in [0.5, 0.6) is 5.75 Å². The topological polar surface area (TPSA) is 81.7 Å². The monoisotopic (exact) mass is 486 g/mol. The van der Waals surface area contributed by atoms with Crippen LogP contribution in [0.1, 0.15) is 19.3 Å². The number of pyridine rings is 1. The maximum atomic E-state index is 6.14. The summed E-state index contributed by atoms with van der Waals surface area (Å²) in [6.45, 7) is 7.37. The number of aromatic nitrogens is 3. The van der Waals surface area contributed by atoms with Crippen LogP contribution in [0.25, 0.3) is 27.8 Å². The van der Waals surface area contributed by atoms with Gasteiger partial charge >= 0.3 is 0 Å². The second kappa shape index (κ2) is 10.4. The van der Waals surface area contributed by atoms with Crippen molar-refractivity contribution in [3.05, 3.63) is 54.9 Å². The maximum absolute atomic E-state index is 6.14. The molecule has 4 aromatic rings. The number of fused-ring (bicyclic) bond motifs is 2. The quantitative estimate of drug-likeness (QED) is 0.400. The lowest BCUT2D eigenvalue weighted by Gasteiger charge is -2.32. The second-order valence-electron chi connectivity index (χ2n) is 9.76. The minimum atomic E-state index is 0.302. The fraction of sp³-hybridized carbons (Fsp3) is 0.429. The van der Waals surface area contributed by atoms with Crippen molar-refractivity contribution in [3.63, 3.8) is 0 Å². The molecule has 0 spiro atoms. The molecule has 4 heterocycles. The maximum Gasteiger partial charge on any atom is 0.139 e. The third-order valence-electron chi connectivity index (χ3n) is 7.32. The van der Waals surface area contributed by atoms with E-state index in [1.807, 2.05) is 18.5 Å². The molecule has 2 aliphatic rings. The van der Waals surface area contributed by atoms with E-state index >= 15 is 0 Å². The minimum Gasteiger partial charge on any atom is -0.493 e. The first-order chi connectivity index (χ1) is 17.7. The van der Waals surface area contributed by atoms with Gasteiger partial charge in [-0.2, -0.15) is 0 Å². The van der Waals surface area contributed by atoms with Gasteiger partial charge in [-0.05, 0) is 49.6 Å². The average molecular weight is 487 g/mol. The van der Waals surface area contributed by atoms with E-state index in [0.29, 0.717) is 12.6 Å². The Morgan fingerprint density at radius 3 is 2.72 bits per heavy atom. The Morgan fingerprint density at radius 2 is 1.86 bits per heavy atom. The van der Waals surface area contributed by atoms with Gasteiger partial charge in [-0.15, -0.1) is 0 Å². The Labute approximate surface area is 211 Å². The van der Waals surface area contributed by atoms with Crippen molar-refractivity contribution >= 4 is 27.6 Å². The Balaban J connectivity index is 1.19. The Hall–Kier alpha value is -3.20. The molecule has 0 radical (unpaired) electrons. The molecule has 0 unspecified atom stereocenters. The highest BCUT2D eigenvalue weighted by Gasteiger charge is 2.19. The minimum absolute atomic E-state index is 0.302. The van der Waals surface area contributed by atoms with Crippen molar-refractivity contribution in [3.8, 4) is 11.6 Å². The first-order valence-electron chi connectivity index (χ1n) is 13.1. The molecule has 2 aliphatic heterocycles. The molecule has 2 N–H and O–H groups in total. The van der Waals surface area contributed by atoms with E-state index in [9.17, 15) is 0 Å². The molecule has 0 saturated carbocycles. The largest absolute Gasteiger partial charge is 0.493 e. The molecule has 2 aromatic heterocycles. The molecule has 2 aromatic carbocycles. The zero-order chi connectivity index (χ0) is 24.3. The summed E-state index contributed by atoms with van der Waals surface area (Å²) in [7, 11) is 0. The van der Waals surface area contributed by atoms with Gasteiger partial charge in [0.05, 0.1) is 42.1 Å². The third-order valence-corrected chi connectivity index (χ3v) is 7.32. The predicted molar refractivity (Wildman–Crippen MR) is 143 cm³/mol. The number of rotatable bonds is 7. The second-order valence-corrected chi connectivity index (χ2v) is 9.76. The van der Waals surface area contributed by atoms with Gasteiger partial charge in [0.15, 0.2) is 0 Å². The number of piperidine rings is 1. The fourth-order valence-corrected chi connectivity index (χ4v) is 5.22. The van der Waals surface area contributed by atoms with Crippen molar-refractivity contribution in [2.24, 2.45) is 5.73 Å². The zero-order valence-electron chi connectivity index (χ0n) is 20.7. The van der Waals surface area contributed by atoms with Crippen LogP contribution in [-0.2, 0) is 4.74 Å². The highest BCUT2D eigenvalue weighted by molar-refractivity contribution is 5.92. The van der Waals surface area contributed by atoms with Crippen LogP contribution >= 0.6 is 0 Å². The van der Waals surface area contributed by atoms with Crippen molar-refractivity contribution in [2.75, 3.05) is 57.4 Å². The number of ether oxygens (including phenoxy) is 2. The molecular formula is C28H34N6O2. The molecule has 0 bridgehead atoms. The Kier molecular flexibility index (Phi) is 6.72. The summed E-state index contributed by atoms with van der Waals surface area (Å²) in [5.74, 6) is 1.72. The molecule has 6 rings (SSSR count). The molecule has 2 fully saturated rings. The zero-order valence-corrected chi connectivity index (χ0v) is 20.7. The van der Waals surface area contributed by atoms with Crippen LogP contribution < -0.4 is 15.4 Å². The van der Waals surface area contributed by atoms with Crippen LogP contribution in [0.2, 0.25) is 0 Å². The summed E-state index contributed by atoms with van der Waals surface area (Å²) in [6, 6.07) is 17.0. The summed E-state index contributed by atoms with van der Waals surface area (Å²) >= 11 is 0. The van der Waals surface area contributed by atoms with E-state index in [0.717, 1.165) is 98.7 Å². The number of para-hydroxylation sites is 1. The van der Waals surface area contributed by atoms with E-state index in [1.54, 1.807) is 0 Å². The van der Waals surface area contributed by atoms with E-state index in [4.69, 9.17) is 20.2 Å². The van der Waals surface area contributed by atoms with Gasteiger partial charge in [0.25, 0.3) is 0 Å².